The molecule has 0 aliphatic heterocycles. The van der Waals surface area contributed by atoms with Crippen molar-refractivity contribution in [3.63, 3.8) is 0 Å². The summed E-state index contributed by atoms with van der Waals surface area (Å²) in [5.74, 6) is -0.666. The van der Waals surface area contributed by atoms with E-state index >= 15 is 0 Å². The highest BCUT2D eigenvalue weighted by atomic mass is 79.9. The minimum Gasteiger partial charge on any atom is -0.352 e. The van der Waals surface area contributed by atoms with E-state index in [0.29, 0.717) is 0 Å². The van der Waals surface area contributed by atoms with E-state index in [4.69, 9.17) is 0 Å². The van der Waals surface area contributed by atoms with Gasteiger partial charge < -0.3 is 10.2 Å². The van der Waals surface area contributed by atoms with Gasteiger partial charge in [-0.3, -0.25) is 9.59 Å². The number of rotatable bonds is 9. The Labute approximate surface area is 227 Å². The van der Waals surface area contributed by atoms with Crippen molar-refractivity contribution in [2.45, 2.75) is 56.1 Å². The van der Waals surface area contributed by atoms with Crippen molar-refractivity contribution in [2.75, 3.05) is 13.6 Å². The number of benzene rings is 3. The molecule has 1 aliphatic carbocycles. The van der Waals surface area contributed by atoms with Crippen molar-refractivity contribution in [3.05, 3.63) is 76.8 Å². The number of sulfonamides is 1. The Kier molecular flexibility index (Phi) is 8.67. The van der Waals surface area contributed by atoms with Crippen LogP contribution in [0.1, 0.15) is 38.2 Å². The first-order valence-corrected chi connectivity index (χ1v) is 14.7. The zero-order chi connectivity index (χ0) is 26.6. The molecule has 1 saturated carbocycles. The van der Waals surface area contributed by atoms with Gasteiger partial charge in [-0.05, 0) is 60.4 Å². The number of fused-ring (bicyclic) bond motifs is 1. The lowest BCUT2D eigenvalue weighted by molar-refractivity contribution is -0.140. The molecule has 7 nitrogen and oxygen atoms in total. The zero-order valence-electron chi connectivity index (χ0n) is 21.1. The maximum absolute atomic E-state index is 13.5. The summed E-state index contributed by atoms with van der Waals surface area (Å²) in [6, 6.07) is 19.3. The highest BCUT2D eigenvalue weighted by molar-refractivity contribution is 9.10. The molecule has 0 unspecified atom stereocenters. The zero-order valence-corrected chi connectivity index (χ0v) is 23.5. The van der Waals surface area contributed by atoms with Crippen LogP contribution in [0.4, 0.5) is 0 Å². The first kappa shape index (κ1) is 27.3. The number of carbonyl (C=O) groups is 2. The second-order valence-electron chi connectivity index (χ2n) is 9.58. The first-order chi connectivity index (χ1) is 17.6. The molecule has 1 fully saturated rings. The Morgan fingerprint density at radius 3 is 2.32 bits per heavy atom. The summed E-state index contributed by atoms with van der Waals surface area (Å²) < 4.78 is 28.6. The lowest BCUT2D eigenvalue weighted by atomic mass is 10.1. The van der Waals surface area contributed by atoms with Crippen LogP contribution in [-0.4, -0.2) is 55.1 Å². The molecule has 1 atom stereocenters. The van der Waals surface area contributed by atoms with Gasteiger partial charge in [-0.25, -0.2) is 8.42 Å². The molecule has 37 heavy (non-hydrogen) atoms. The van der Waals surface area contributed by atoms with Gasteiger partial charge in [-0.2, -0.15) is 4.31 Å². The summed E-state index contributed by atoms with van der Waals surface area (Å²) in [5.41, 5.74) is 0.845. The van der Waals surface area contributed by atoms with Crippen molar-refractivity contribution in [1.29, 1.82) is 0 Å². The van der Waals surface area contributed by atoms with Gasteiger partial charge in [0.1, 0.15) is 6.04 Å². The summed E-state index contributed by atoms with van der Waals surface area (Å²) in [4.78, 5) is 28.2. The molecule has 1 aliphatic rings. The minimum absolute atomic E-state index is 0.119. The highest BCUT2D eigenvalue weighted by Gasteiger charge is 2.31. The topological polar surface area (TPSA) is 86.8 Å². The summed E-state index contributed by atoms with van der Waals surface area (Å²) in [7, 11) is -2.53. The van der Waals surface area contributed by atoms with Crippen LogP contribution in [0.5, 0.6) is 0 Å². The normalized spacial score (nSPS) is 15.1. The van der Waals surface area contributed by atoms with E-state index in [-0.39, 0.29) is 29.9 Å². The van der Waals surface area contributed by atoms with Gasteiger partial charge in [0, 0.05) is 24.1 Å². The van der Waals surface area contributed by atoms with Gasteiger partial charge >= 0.3 is 0 Å². The van der Waals surface area contributed by atoms with E-state index in [1.165, 1.54) is 11.9 Å². The number of halogens is 1. The molecule has 0 aromatic heterocycles. The Hall–Kier alpha value is -2.75. The van der Waals surface area contributed by atoms with Crippen molar-refractivity contribution in [1.82, 2.24) is 14.5 Å². The standard InChI is InChI=1S/C28H32BrN3O4S/c1-20(28(34)30-25-9-5-6-10-25)32(18-21-11-14-24(29)15-12-21)27(33)19-31(2)37(35,36)26-16-13-22-7-3-4-8-23(22)17-26/h3-4,7-8,11-17,20,25H,5-6,9-10,18-19H2,1-2H3,(H,30,34)/t20-/m1/s1. The average Bonchev–Trinajstić information content (AvgIpc) is 3.40. The SMILES string of the molecule is C[C@H](C(=O)NC1CCCC1)N(Cc1ccc(Br)cc1)C(=O)CN(C)S(=O)(=O)c1ccc2ccccc2c1. The molecule has 196 valence electrons. The van der Waals surface area contributed by atoms with Crippen molar-refractivity contribution >= 4 is 48.5 Å². The maximum atomic E-state index is 13.5. The summed E-state index contributed by atoms with van der Waals surface area (Å²) in [6.07, 6.45) is 4.04. The third-order valence-electron chi connectivity index (χ3n) is 6.92. The third kappa shape index (κ3) is 6.58. The van der Waals surface area contributed by atoms with Crippen LogP contribution in [0.2, 0.25) is 0 Å². The molecule has 4 rings (SSSR count). The number of amides is 2. The largest absolute Gasteiger partial charge is 0.352 e. The summed E-state index contributed by atoms with van der Waals surface area (Å²) in [6.45, 7) is 1.50. The smallest absolute Gasteiger partial charge is 0.243 e. The van der Waals surface area contributed by atoms with E-state index in [1.807, 2.05) is 48.5 Å². The molecule has 0 spiro atoms. The van der Waals surface area contributed by atoms with Crippen molar-refractivity contribution < 1.29 is 18.0 Å². The Morgan fingerprint density at radius 1 is 1.00 bits per heavy atom. The van der Waals surface area contributed by atoms with Gasteiger partial charge in [0.25, 0.3) is 0 Å². The van der Waals surface area contributed by atoms with Crippen molar-refractivity contribution in [3.8, 4) is 0 Å². The number of nitrogens with one attached hydrogen (secondary N) is 1. The van der Waals surface area contributed by atoms with Crippen LogP contribution in [0, 0.1) is 0 Å². The monoisotopic (exact) mass is 585 g/mol. The molecule has 0 saturated heterocycles. The number of nitrogens with zero attached hydrogens (tertiary/aromatic N) is 2. The first-order valence-electron chi connectivity index (χ1n) is 12.4. The number of hydrogen-bond donors (Lipinski definition) is 1. The lowest BCUT2D eigenvalue weighted by Gasteiger charge is -2.31. The van der Waals surface area contributed by atoms with Gasteiger partial charge in [-0.15, -0.1) is 0 Å². The van der Waals surface area contributed by atoms with Crippen LogP contribution < -0.4 is 5.32 Å². The van der Waals surface area contributed by atoms with Crippen LogP contribution in [0.25, 0.3) is 10.8 Å². The molecule has 0 bridgehead atoms. The fraction of sp³-hybridized carbons (Fsp3) is 0.357. The van der Waals surface area contributed by atoms with Gasteiger partial charge in [0.05, 0.1) is 11.4 Å². The second kappa shape index (κ2) is 11.8. The highest BCUT2D eigenvalue weighted by Crippen LogP contribution is 2.22. The number of hydrogen-bond acceptors (Lipinski definition) is 4. The van der Waals surface area contributed by atoms with E-state index in [9.17, 15) is 18.0 Å². The van der Waals surface area contributed by atoms with Gasteiger partial charge in [0.15, 0.2) is 0 Å². The minimum atomic E-state index is -3.92. The van der Waals surface area contributed by atoms with Gasteiger partial charge in [0.2, 0.25) is 21.8 Å². The predicted molar refractivity (Wildman–Crippen MR) is 148 cm³/mol. The van der Waals surface area contributed by atoms with Crippen LogP contribution in [0.15, 0.2) is 76.1 Å². The number of carbonyl (C=O) groups excluding carboxylic acids is 2. The molecule has 0 heterocycles. The average molecular weight is 587 g/mol. The Balaban J connectivity index is 1.54. The van der Waals surface area contributed by atoms with Crippen LogP contribution in [-0.2, 0) is 26.2 Å². The van der Waals surface area contributed by atoms with E-state index in [2.05, 4.69) is 21.2 Å². The van der Waals surface area contributed by atoms with Crippen molar-refractivity contribution in [2.24, 2.45) is 0 Å². The van der Waals surface area contributed by atoms with E-state index in [1.54, 1.807) is 25.1 Å². The predicted octanol–water partition coefficient (Wildman–Crippen LogP) is 4.70. The molecule has 3 aromatic carbocycles. The molecular weight excluding hydrogens is 554 g/mol. The summed E-state index contributed by atoms with van der Waals surface area (Å²) in [5, 5.41) is 4.80. The third-order valence-corrected chi connectivity index (χ3v) is 9.25. The fourth-order valence-electron chi connectivity index (χ4n) is 4.64. The van der Waals surface area contributed by atoms with E-state index < -0.39 is 22.0 Å². The maximum Gasteiger partial charge on any atom is 0.243 e. The molecule has 0 radical (unpaired) electrons. The molecular formula is C28H32BrN3O4S. The van der Waals surface area contributed by atoms with Gasteiger partial charge in [-0.1, -0.05) is 71.2 Å². The fourth-order valence-corrected chi connectivity index (χ4v) is 6.06. The van der Waals surface area contributed by atoms with Crippen LogP contribution in [0.3, 0.4) is 0 Å². The molecule has 3 aromatic rings. The molecule has 9 heteroatoms. The second-order valence-corrected chi connectivity index (χ2v) is 12.5. The Bertz CT molecular complexity index is 1370. The lowest BCUT2D eigenvalue weighted by Crippen LogP contribution is -2.52. The Morgan fingerprint density at radius 2 is 1.65 bits per heavy atom. The van der Waals surface area contributed by atoms with Crippen LogP contribution >= 0.6 is 15.9 Å². The molecule has 1 N–H and O–H groups in total. The summed E-state index contributed by atoms with van der Waals surface area (Å²) >= 11 is 3.42. The van der Waals surface area contributed by atoms with E-state index in [0.717, 1.165) is 50.8 Å². The number of likely N-dealkylation sites (N-methyl/N-ethyl adjacent to an activating group) is 1. The molecule has 2 amide bonds. The quantitative estimate of drug-likeness (QED) is 0.394.